The van der Waals surface area contributed by atoms with Crippen molar-refractivity contribution in [2.24, 2.45) is 5.92 Å². The van der Waals surface area contributed by atoms with Gasteiger partial charge in [0.1, 0.15) is 5.82 Å². The van der Waals surface area contributed by atoms with E-state index in [4.69, 9.17) is 11.6 Å². The van der Waals surface area contributed by atoms with Crippen LogP contribution in [0.2, 0.25) is 5.02 Å². The van der Waals surface area contributed by atoms with Gasteiger partial charge < -0.3 is 4.90 Å². The van der Waals surface area contributed by atoms with Crippen molar-refractivity contribution in [1.82, 2.24) is 4.98 Å². The molecule has 14 heavy (non-hydrogen) atoms. The summed E-state index contributed by atoms with van der Waals surface area (Å²) in [7, 11) is 0. The minimum absolute atomic E-state index is 0.342. The third-order valence-electron chi connectivity index (χ3n) is 2.30. The van der Waals surface area contributed by atoms with Gasteiger partial charge in [0.25, 0.3) is 0 Å². The molecule has 76 valence electrons. The number of anilines is 1. The van der Waals surface area contributed by atoms with E-state index in [1.165, 1.54) is 0 Å². The molecule has 1 aliphatic heterocycles. The number of hydrogen-bond acceptors (Lipinski definition) is 2. The Morgan fingerprint density at radius 2 is 2.21 bits per heavy atom. The van der Waals surface area contributed by atoms with Crippen LogP contribution in [0, 0.1) is 5.92 Å². The maximum atomic E-state index is 12.2. The zero-order valence-corrected chi connectivity index (χ0v) is 8.09. The summed E-state index contributed by atoms with van der Waals surface area (Å²) in [6.07, 6.45) is -0.634. The Balaban J connectivity index is 2.03. The molecule has 0 bridgehead atoms. The highest BCUT2D eigenvalue weighted by molar-refractivity contribution is 6.32. The smallest absolute Gasteiger partial charge is 0.244 e. The first-order valence-corrected chi connectivity index (χ1v) is 4.70. The SMILES string of the molecule is FC(F)C1CN(c2ncccc2Cl)C1. The van der Waals surface area contributed by atoms with Crippen LogP contribution >= 0.6 is 11.6 Å². The maximum Gasteiger partial charge on any atom is 0.244 e. The number of nitrogens with zero attached hydrogens (tertiary/aromatic N) is 2. The van der Waals surface area contributed by atoms with Gasteiger partial charge in [-0.1, -0.05) is 11.6 Å². The van der Waals surface area contributed by atoms with Gasteiger partial charge in [-0.2, -0.15) is 0 Å². The van der Waals surface area contributed by atoms with Gasteiger partial charge >= 0.3 is 0 Å². The molecule has 2 rings (SSSR count). The van der Waals surface area contributed by atoms with E-state index in [0.717, 1.165) is 0 Å². The number of aromatic nitrogens is 1. The molecule has 0 N–H and O–H groups in total. The van der Waals surface area contributed by atoms with Crippen LogP contribution in [-0.4, -0.2) is 24.5 Å². The Kier molecular flexibility index (Phi) is 2.54. The van der Waals surface area contributed by atoms with Crippen molar-refractivity contribution in [3.05, 3.63) is 23.4 Å². The summed E-state index contributed by atoms with van der Waals surface area (Å²) in [6, 6.07) is 3.43. The lowest BCUT2D eigenvalue weighted by atomic mass is 10.0. The Bertz CT molecular complexity index is 326. The first kappa shape index (κ1) is 9.65. The molecule has 0 atom stereocenters. The van der Waals surface area contributed by atoms with E-state index >= 15 is 0 Å². The molecule has 0 aromatic carbocycles. The first-order chi connectivity index (χ1) is 6.68. The summed E-state index contributed by atoms with van der Waals surface area (Å²) in [5, 5.41) is 0.514. The van der Waals surface area contributed by atoms with Crippen LogP contribution in [0.1, 0.15) is 0 Å². The summed E-state index contributed by atoms with van der Waals surface area (Å²) in [6.45, 7) is 0.683. The minimum Gasteiger partial charge on any atom is -0.354 e. The van der Waals surface area contributed by atoms with E-state index in [1.807, 2.05) is 0 Å². The summed E-state index contributed by atoms with van der Waals surface area (Å²) in [5.41, 5.74) is 0. The van der Waals surface area contributed by atoms with Crippen LogP contribution in [0.25, 0.3) is 0 Å². The summed E-state index contributed by atoms with van der Waals surface area (Å²) in [4.78, 5) is 5.81. The molecule has 0 radical (unpaired) electrons. The predicted octanol–water partition coefficient (Wildman–Crippen LogP) is 2.44. The molecule has 1 aromatic rings. The summed E-state index contributed by atoms with van der Waals surface area (Å²) < 4.78 is 24.4. The highest BCUT2D eigenvalue weighted by atomic mass is 35.5. The number of pyridine rings is 1. The van der Waals surface area contributed by atoms with Gasteiger partial charge in [-0.05, 0) is 12.1 Å². The van der Waals surface area contributed by atoms with Crippen molar-refractivity contribution in [2.45, 2.75) is 6.43 Å². The topological polar surface area (TPSA) is 16.1 Å². The van der Waals surface area contributed by atoms with Crippen molar-refractivity contribution < 1.29 is 8.78 Å². The maximum absolute atomic E-state index is 12.2. The van der Waals surface area contributed by atoms with Gasteiger partial charge in [-0.3, -0.25) is 0 Å². The largest absolute Gasteiger partial charge is 0.354 e. The molecule has 2 heterocycles. The van der Waals surface area contributed by atoms with Crippen LogP contribution in [0.15, 0.2) is 18.3 Å². The van der Waals surface area contributed by atoms with E-state index < -0.39 is 12.3 Å². The third kappa shape index (κ3) is 1.66. The average molecular weight is 219 g/mol. The second-order valence-electron chi connectivity index (χ2n) is 3.31. The van der Waals surface area contributed by atoms with E-state index in [9.17, 15) is 8.78 Å². The van der Waals surface area contributed by atoms with Crippen LogP contribution < -0.4 is 4.90 Å². The third-order valence-corrected chi connectivity index (χ3v) is 2.60. The monoisotopic (exact) mass is 218 g/mol. The number of alkyl halides is 2. The van der Waals surface area contributed by atoms with Crippen LogP contribution in [0.5, 0.6) is 0 Å². The molecule has 0 unspecified atom stereocenters. The number of halogens is 3. The molecule has 0 spiro atoms. The molecule has 1 saturated heterocycles. The van der Waals surface area contributed by atoms with Crippen LogP contribution in [0.3, 0.4) is 0 Å². The van der Waals surface area contributed by atoms with E-state index in [0.29, 0.717) is 23.9 Å². The van der Waals surface area contributed by atoms with Crippen LogP contribution in [0.4, 0.5) is 14.6 Å². The number of rotatable bonds is 2. The molecule has 0 aliphatic carbocycles. The highest BCUT2D eigenvalue weighted by Crippen LogP contribution is 2.31. The van der Waals surface area contributed by atoms with Crippen molar-refractivity contribution in [1.29, 1.82) is 0 Å². The Morgan fingerprint density at radius 3 is 2.79 bits per heavy atom. The van der Waals surface area contributed by atoms with Gasteiger partial charge in [0.15, 0.2) is 0 Å². The molecular formula is C9H9ClF2N2. The van der Waals surface area contributed by atoms with Crippen molar-refractivity contribution in [3.63, 3.8) is 0 Å². The summed E-state index contributed by atoms with van der Waals surface area (Å²) >= 11 is 5.87. The van der Waals surface area contributed by atoms with E-state index in [2.05, 4.69) is 4.98 Å². The standard InChI is InChI=1S/C9H9ClF2N2/c10-7-2-1-3-13-9(7)14-4-6(5-14)8(11)12/h1-3,6,8H,4-5H2. The predicted molar refractivity (Wildman–Crippen MR) is 51.0 cm³/mol. The quantitative estimate of drug-likeness (QED) is 0.758. The zero-order chi connectivity index (χ0) is 10.1. The fraction of sp³-hybridized carbons (Fsp3) is 0.444. The van der Waals surface area contributed by atoms with Gasteiger partial charge in [0, 0.05) is 19.3 Å². The molecular weight excluding hydrogens is 210 g/mol. The molecule has 0 amide bonds. The Morgan fingerprint density at radius 1 is 1.50 bits per heavy atom. The molecule has 5 heteroatoms. The molecule has 1 fully saturated rings. The lowest BCUT2D eigenvalue weighted by Gasteiger charge is -2.39. The Labute approximate surface area is 85.5 Å². The van der Waals surface area contributed by atoms with Gasteiger partial charge in [-0.15, -0.1) is 0 Å². The fourth-order valence-corrected chi connectivity index (χ4v) is 1.70. The minimum atomic E-state index is -2.24. The van der Waals surface area contributed by atoms with Gasteiger partial charge in [0.2, 0.25) is 6.43 Å². The van der Waals surface area contributed by atoms with Gasteiger partial charge in [0.05, 0.1) is 10.9 Å². The molecule has 2 nitrogen and oxygen atoms in total. The Hall–Kier alpha value is -0.900. The van der Waals surface area contributed by atoms with Crippen molar-refractivity contribution in [3.8, 4) is 0 Å². The molecule has 1 aromatic heterocycles. The zero-order valence-electron chi connectivity index (χ0n) is 7.33. The summed E-state index contributed by atoms with van der Waals surface area (Å²) in [5.74, 6) is 0.0686. The van der Waals surface area contributed by atoms with Crippen LogP contribution in [-0.2, 0) is 0 Å². The first-order valence-electron chi connectivity index (χ1n) is 4.32. The number of hydrogen-bond donors (Lipinski definition) is 0. The van der Waals surface area contributed by atoms with E-state index in [1.54, 1.807) is 23.2 Å². The fourth-order valence-electron chi connectivity index (χ4n) is 1.46. The van der Waals surface area contributed by atoms with E-state index in [-0.39, 0.29) is 0 Å². The van der Waals surface area contributed by atoms with Crippen molar-refractivity contribution in [2.75, 3.05) is 18.0 Å². The lowest BCUT2D eigenvalue weighted by molar-refractivity contribution is 0.0611. The van der Waals surface area contributed by atoms with Crippen molar-refractivity contribution >= 4 is 17.4 Å². The molecule has 1 aliphatic rings. The highest BCUT2D eigenvalue weighted by Gasteiger charge is 2.35. The normalized spacial score (nSPS) is 17.3. The van der Waals surface area contributed by atoms with Gasteiger partial charge in [-0.25, -0.2) is 13.8 Å². The molecule has 0 saturated carbocycles. The second-order valence-corrected chi connectivity index (χ2v) is 3.72. The lowest BCUT2D eigenvalue weighted by Crippen LogP contribution is -2.50. The average Bonchev–Trinajstić information content (AvgIpc) is 2.05. The second kappa shape index (κ2) is 3.69.